The van der Waals surface area contributed by atoms with E-state index in [0.717, 1.165) is 6.42 Å². The van der Waals surface area contributed by atoms with Crippen molar-refractivity contribution in [2.75, 3.05) is 20.1 Å². The predicted octanol–water partition coefficient (Wildman–Crippen LogP) is 5.99. The summed E-state index contributed by atoms with van der Waals surface area (Å²) in [5.41, 5.74) is 0.703. The lowest BCUT2D eigenvalue weighted by atomic mass is 9.95. The third-order valence-electron chi connectivity index (χ3n) is 9.06. The minimum absolute atomic E-state index is 0.0149. The molecule has 0 aromatic carbocycles. The van der Waals surface area contributed by atoms with Crippen molar-refractivity contribution in [3.05, 3.63) is 64.5 Å². The van der Waals surface area contributed by atoms with E-state index in [4.69, 9.17) is 13.5 Å². The van der Waals surface area contributed by atoms with Crippen LogP contribution in [-0.2, 0) is 39.5 Å². The molecule has 1 aliphatic rings. The number of thiazole rings is 1. The van der Waals surface area contributed by atoms with E-state index in [1.807, 2.05) is 41.5 Å². The lowest BCUT2D eigenvalue weighted by Gasteiger charge is -2.34. The molecule has 1 aromatic rings. The minimum Gasteiger partial charge on any atom is -0.455 e. The predicted molar refractivity (Wildman–Crippen MR) is 213 cm³/mol. The molecule has 0 saturated heterocycles. The van der Waals surface area contributed by atoms with Crippen LogP contribution in [0.2, 0.25) is 0 Å². The topological polar surface area (TPSA) is 185 Å². The summed E-state index contributed by atoms with van der Waals surface area (Å²) in [4.78, 5) is 71.5. The normalized spacial score (nSPS) is 15.9. The van der Waals surface area contributed by atoms with E-state index in [1.165, 1.54) is 36.6 Å². The van der Waals surface area contributed by atoms with Crippen molar-refractivity contribution in [3.63, 3.8) is 0 Å². The van der Waals surface area contributed by atoms with Crippen LogP contribution in [0.15, 0.2) is 53.8 Å². The fourth-order valence-corrected chi connectivity index (χ4v) is 7.04. The van der Waals surface area contributed by atoms with Crippen LogP contribution in [0.4, 0.5) is 0 Å². The average molecular weight is 806 g/mol. The molecule has 2 rings (SSSR count). The van der Waals surface area contributed by atoms with E-state index in [9.17, 15) is 28.2 Å². The van der Waals surface area contributed by atoms with Gasteiger partial charge in [-0.05, 0) is 48.7 Å². The summed E-state index contributed by atoms with van der Waals surface area (Å²) in [5, 5.41) is 7.86. The summed E-state index contributed by atoms with van der Waals surface area (Å²) in [7, 11) is 1.77. The number of ether oxygens (including phenoxy) is 1. The fourth-order valence-electron chi connectivity index (χ4n) is 5.96. The van der Waals surface area contributed by atoms with E-state index in [-0.39, 0.29) is 65.8 Å². The number of allylic oxidation sites excluding steroid dienone is 2. The number of carbonyl (C=O) groups is 5. The molecule has 0 aliphatic carbocycles. The largest absolute Gasteiger partial charge is 0.455 e. The summed E-state index contributed by atoms with van der Waals surface area (Å²) < 4.78 is 30.6. The molecular weight excluding hydrogens is 747 g/mol. The molecule has 2 unspecified atom stereocenters. The maximum Gasteiger partial charge on any atom is 0.357 e. The Labute approximate surface area is 332 Å². The second-order valence-corrected chi connectivity index (χ2v) is 16.1. The Kier molecular flexibility index (Phi) is 20.3. The van der Waals surface area contributed by atoms with E-state index in [1.54, 1.807) is 34.4 Å². The van der Waals surface area contributed by atoms with Crippen molar-refractivity contribution >= 4 is 52.3 Å². The average Bonchev–Trinajstić information content (AvgIpc) is 3.76. The molecule has 2 heterocycles. The Balaban J connectivity index is 2.26. The van der Waals surface area contributed by atoms with E-state index >= 15 is 0 Å². The minimum atomic E-state index is -2.58. The maximum atomic E-state index is 13.7. The molecule has 306 valence electrons. The lowest BCUT2D eigenvalue weighted by molar-refractivity contribution is -0.148. The summed E-state index contributed by atoms with van der Waals surface area (Å²) in [6.45, 7) is 18.0. The van der Waals surface area contributed by atoms with Gasteiger partial charge in [-0.2, -0.15) is 4.21 Å². The van der Waals surface area contributed by atoms with Gasteiger partial charge in [0.2, 0.25) is 17.7 Å². The molecule has 1 aliphatic heterocycles. The van der Waals surface area contributed by atoms with Crippen LogP contribution < -0.4 is 10.6 Å². The van der Waals surface area contributed by atoms with Gasteiger partial charge in [0, 0.05) is 76.1 Å². The van der Waals surface area contributed by atoms with Crippen molar-refractivity contribution in [2.24, 2.45) is 17.8 Å². The number of hydrogen-bond acceptors (Lipinski definition) is 10. The molecule has 0 bridgehead atoms. The Morgan fingerprint density at radius 1 is 1.15 bits per heavy atom. The lowest BCUT2D eigenvalue weighted by Crippen LogP contribution is -2.42. The second kappa shape index (κ2) is 23.7. The van der Waals surface area contributed by atoms with Gasteiger partial charge in [0.25, 0.3) is 5.91 Å². The summed E-state index contributed by atoms with van der Waals surface area (Å²) in [6, 6.07) is -0.679. The van der Waals surface area contributed by atoms with Gasteiger partial charge < -0.3 is 29.4 Å². The Hall–Kier alpha value is -4.15. The monoisotopic (exact) mass is 805 g/mol. The van der Waals surface area contributed by atoms with Gasteiger partial charge in [0.1, 0.15) is 16.5 Å². The zero-order valence-electron chi connectivity index (χ0n) is 33.4. The van der Waals surface area contributed by atoms with Gasteiger partial charge in [-0.15, -0.1) is 11.3 Å². The van der Waals surface area contributed by atoms with Crippen LogP contribution >= 0.6 is 11.3 Å². The van der Waals surface area contributed by atoms with E-state index in [0.29, 0.717) is 49.4 Å². The van der Waals surface area contributed by atoms with Crippen molar-refractivity contribution in [2.45, 2.75) is 112 Å². The molecule has 0 spiro atoms. The first-order chi connectivity index (χ1) is 25.9. The summed E-state index contributed by atoms with van der Waals surface area (Å²) in [6.07, 6.45) is 10.0. The van der Waals surface area contributed by atoms with Gasteiger partial charge in [-0.25, -0.2) is 4.98 Å². The smallest absolute Gasteiger partial charge is 0.357 e. The zero-order valence-corrected chi connectivity index (χ0v) is 35.0. The number of rotatable bonds is 24. The molecule has 0 radical (unpaired) electrons. The molecule has 14 nitrogen and oxygen atoms in total. The van der Waals surface area contributed by atoms with Crippen molar-refractivity contribution < 1.29 is 41.7 Å². The molecule has 0 fully saturated rings. The van der Waals surface area contributed by atoms with Gasteiger partial charge in [-0.1, -0.05) is 66.7 Å². The van der Waals surface area contributed by atoms with Crippen molar-refractivity contribution in [1.82, 2.24) is 25.4 Å². The van der Waals surface area contributed by atoms with E-state index < -0.39 is 35.4 Å². The van der Waals surface area contributed by atoms with Crippen LogP contribution in [0.3, 0.4) is 0 Å². The number of amides is 4. The van der Waals surface area contributed by atoms with Crippen molar-refractivity contribution in [3.8, 4) is 0 Å². The van der Waals surface area contributed by atoms with Crippen LogP contribution in [0, 0.1) is 17.8 Å². The number of esters is 1. The highest BCUT2D eigenvalue weighted by Crippen LogP contribution is 2.31. The Morgan fingerprint density at radius 2 is 1.85 bits per heavy atom. The molecule has 3 N–H and O–H groups in total. The van der Waals surface area contributed by atoms with Gasteiger partial charge >= 0.3 is 17.3 Å². The second-order valence-electron chi connectivity index (χ2n) is 14.6. The quantitative estimate of drug-likeness (QED) is 0.0485. The van der Waals surface area contributed by atoms with Crippen LogP contribution in [-0.4, -0.2) is 85.4 Å². The van der Waals surface area contributed by atoms with Gasteiger partial charge in [0.05, 0.1) is 0 Å². The number of hydrogen-bond donors (Lipinski definition) is 3. The number of aromatic nitrogens is 1. The summed E-state index contributed by atoms with van der Waals surface area (Å²) in [5.74, 6) is -0.925. The van der Waals surface area contributed by atoms with E-state index in [2.05, 4.69) is 22.2 Å². The molecule has 55 heavy (non-hydrogen) atoms. The zero-order chi connectivity index (χ0) is 41.2. The SMILES string of the molecule is C=C(/C=C\C(=C/NC(=O)CCCN1CC=CC1=O)C[C@@H](CC(C)C)NC(=O)c1csc([C@@H](CC(C(C)C)N(C)C(=O)C[C@@H](C)CC)OC(C)=O)n1)OS(=O)O. The number of nitrogens with zero attached hydrogens (tertiary/aromatic N) is 3. The highest BCUT2D eigenvalue weighted by molar-refractivity contribution is 7.74. The molecule has 1 aromatic heterocycles. The van der Waals surface area contributed by atoms with Crippen molar-refractivity contribution in [1.29, 1.82) is 0 Å². The first kappa shape index (κ1) is 47.0. The Bertz CT molecular complexity index is 1600. The van der Waals surface area contributed by atoms with Gasteiger partial charge in [-0.3, -0.25) is 28.5 Å². The first-order valence-electron chi connectivity index (χ1n) is 18.7. The molecule has 16 heteroatoms. The molecule has 5 atom stereocenters. The maximum absolute atomic E-state index is 13.7. The highest BCUT2D eigenvalue weighted by Gasteiger charge is 2.31. The standard InChI is InChI=1S/C39H59N5O9S2/c1-10-27(6)20-37(48)43(9)33(26(4)5)22-34(52-29(8)45)39-42-32(24-54-39)38(49)41-31(19-25(2)3)21-30(16-15-28(7)53-55(50)51)23-40-35(46)13-11-17-44-18-12-14-36(44)47/h12,14-16,23-27,31,33-34H,7,10-11,13,17-22H2,1-6,8-9H3,(H,40,46)(H,41,49)(H,50,51)/b16-15-,30-23+/t27-,31+,33?,34+/m0/s1. The third-order valence-corrected chi connectivity index (χ3v) is 10.4. The Morgan fingerprint density at radius 3 is 2.44 bits per heavy atom. The highest BCUT2D eigenvalue weighted by atomic mass is 32.2. The molecule has 0 saturated carbocycles. The first-order valence-corrected chi connectivity index (χ1v) is 20.6. The fraction of sp³-hybridized carbons (Fsp3) is 0.590. The number of carbonyl (C=O) groups excluding carboxylic acids is 5. The summed E-state index contributed by atoms with van der Waals surface area (Å²) >= 11 is -1.38. The van der Waals surface area contributed by atoms with Gasteiger partial charge in [0.15, 0.2) is 6.10 Å². The van der Waals surface area contributed by atoms with Crippen LogP contribution in [0.1, 0.15) is 115 Å². The van der Waals surface area contributed by atoms with Crippen LogP contribution in [0.5, 0.6) is 0 Å². The molecule has 4 amide bonds. The molecular formula is C39H59N5O9S2. The third kappa shape index (κ3) is 17.5. The van der Waals surface area contributed by atoms with Crippen LogP contribution in [0.25, 0.3) is 0 Å². The number of nitrogens with one attached hydrogen (secondary N) is 2.